The molecule has 0 saturated carbocycles. The molecule has 0 amide bonds. The number of hydrogen-bond donors (Lipinski definition) is 0. The molecule has 0 fully saturated rings. The minimum atomic E-state index is -0.825. The first-order chi connectivity index (χ1) is 11.7. The van der Waals surface area contributed by atoms with Crippen LogP contribution in [0.1, 0.15) is 21.5 Å². The lowest BCUT2D eigenvalue weighted by Gasteiger charge is -1.99. The average molecular weight is 350 g/mol. The summed E-state index contributed by atoms with van der Waals surface area (Å²) < 4.78 is 0. The first kappa shape index (κ1) is 16.3. The summed E-state index contributed by atoms with van der Waals surface area (Å²) >= 11 is 2.96. The predicted molar refractivity (Wildman–Crippen MR) is 99.0 cm³/mol. The van der Waals surface area contributed by atoms with Crippen LogP contribution < -0.4 is 0 Å². The molecule has 3 rings (SSSR count). The normalized spacial score (nSPS) is 12.2. The van der Waals surface area contributed by atoms with Crippen LogP contribution in [0.15, 0.2) is 53.9 Å². The van der Waals surface area contributed by atoms with Gasteiger partial charge in [-0.2, -0.15) is 5.26 Å². The smallest absolute Gasteiger partial charge is 0.179 e. The molecule has 2 heterocycles. The van der Waals surface area contributed by atoms with Gasteiger partial charge < -0.3 is 0 Å². The number of benzene rings is 1. The van der Waals surface area contributed by atoms with Gasteiger partial charge in [-0.3, -0.25) is 4.79 Å². The van der Waals surface area contributed by atoms with Crippen molar-refractivity contribution < 1.29 is 4.79 Å². The second-order valence-corrected chi connectivity index (χ2v) is 7.20. The summed E-state index contributed by atoms with van der Waals surface area (Å²) in [6.45, 7) is 1.85. The van der Waals surface area contributed by atoms with Crippen LogP contribution in [0, 0.1) is 18.3 Å². The quantitative estimate of drug-likeness (QED) is 0.604. The number of carbonyl (C=O) groups is 1. The van der Waals surface area contributed by atoms with Crippen LogP contribution in [-0.4, -0.2) is 10.8 Å². The van der Waals surface area contributed by atoms with Crippen LogP contribution in [0.3, 0.4) is 0 Å². The topological polar surface area (TPSA) is 53.8 Å². The van der Waals surface area contributed by atoms with Gasteiger partial charge in [0.1, 0.15) is 5.01 Å². The number of allylic oxidation sites excluding steroid dienone is 1. The van der Waals surface area contributed by atoms with E-state index in [4.69, 9.17) is 0 Å². The number of ketones is 1. The van der Waals surface area contributed by atoms with Crippen LogP contribution in [-0.2, 0) is 4.79 Å². The number of nitrogens with zero attached hydrogens (tertiary/aromatic N) is 2. The maximum absolute atomic E-state index is 12.3. The number of thiazole rings is 1. The molecule has 0 aliphatic heterocycles. The fraction of sp³-hybridized carbons (Fsp3) is 0.105. The summed E-state index contributed by atoms with van der Waals surface area (Å²) in [7, 11) is 0. The van der Waals surface area contributed by atoms with Gasteiger partial charge in [-0.1, -0.05) is 30.3 Å². The van der Waals surface area contributed by atoms with E-state index in [1.165, 1.54) is 17.4 Å². The molecule has 3 nitrogen and oxygen atoms in total. The largest absolute Gasteiger partial charge is 0.293 e. The van der Waals surface area contributed by atoms with Crippen molar-refractivity contribution in [1.82, 2.24) is 4.98 Å². The molecular formula is C19H14N2OS2. The number of aryl methyl sites for hydroxylation is 1. The van der Waals surface area contributed by atoms with Crippen molar-refractivity contribution in [2.75, 3.05) is 0 Å². The summed E-state index contributed by atoms with van der Waals surface area (Å²) in [5.41, 5.74) is 1.99. The summed E-state index contributed by atoms with van der Waals surface area (Å²) in [6, 6.07) is 16.2. The highest BCUT2D eigenvalue weighted by molar-refractivity contribution is 7.16. The molecule has 1 unspecified atom stereocenters. The lowest BCUT2D eigenvalue weighted by molar-refractivity contribution is -0.114. The van der Waals surface area contributed by atoms with Gasteiger partial charge in [0.05, 0.1) is 6.07 Å². The van der Waals surface area contributed by atoms with E-state index < -0.39 is 5.92 Å². The van der Waals surface area contributed by atoms with E-state index in [1.54, 1.807) is 17.4 Å². The summed E-state index contributed by atoms with van der Waals surface area (Å²) in [4.78, 5) is 18.7. The molecule has 3 aromatic rings. The zero-order valence-electron chi connectivity index (χ0n) is 13.0. The van der Waals surface area contributed by atoms with E-state index in [-0.39, 0.29) is 5.78 Å². The zero-order valence-corrected chi connectivity index (χ0v) is 14.6. The van der Waals surface area contributed by atoms with E-state index in [0.717, 1.165) is 21.0 Å². The van der Waals surface area contributed by atoms with Gasteiger partial charge in [-0.05, 0) is 36.8 Å². The van der Waals surface area contributed by atoms with E-state index in [0.29, 0.717) is 5.01 Å². The number of nitriles is 1. The highest BCUT2D eigenvalue weighted by Gasteiger charge is 2.21. The molecule has 0 radical (unpaired) electrons. The van der Waals surface area contributed by atoms with Gasteiger partial charge >= 0.3 is 0 Å². The molecule has 0 aliphatic carbocycles. The predicted octanol–water partition coefficient (Wildman–Crippen LogP) is 5.07. The fourth-order valence-corrected chi connectivity index (χ4v) is 3.97. The Bertz CT molecular complexity index is 916. The summed E-state index contributed by atoms with van der Waals surface area (Å²) in [5, 5.41) is 11.7. The van der Waals surface area contributed by atoms with E-state index in [1.807, 2.05) is 48.7 Å². The Morgan fingerprint density at radius 3 is 2.71 bits per heavy atom. The second-order valence-electron chi connectivity index (χ2n) is 5.19. The first-order valence-corrected chi connectivity index (χ1v) is 9.06. The van der Waals surface area contributed by atoms with Crippen molar-refractivity contribution in [3.63, 3.8) is 0 Å². The molecule has 0 aliphatic rings. The molecule has 5 heteroatoms. The monoisotopic (exact) mass is 350 g/mol. The van der Waals surface area contributed by atoms with Crippen LogP contribution in [0.25, 0.3) is 16.5 Å². The maximum atomic E-state index is 12.3. The maximum Gasteiger partial charge on any atom is 0.179 e. The number of thiophene rings is 1. The molecule has 118 valence electrons. The Hall–Kier alpha value is -2.55. The molecule has 0 saturated heterocycles. The zero-order chi connectivity index (χ0) is 16.9. The Balaban J connectivity index is 1.75. The third kappa shape index (κ3) is 3.67. The summed E-state index contributed by atoms with van der Waals surface area (Å²) in [5.74, 6) is -1.06. The molecule has 2 aromatic heterocycles. The Morgan fingerprint density at radius 1 is 1.25 bits per heavy atom. The first-order valence-electron chi connectivity index (χ1n) is 7.36. The van der Waals surface area contributed by atoms with Gasteiger partial charge in [0.15, 0.2) is 11.7 Å². The van der Waals surface area contributed by atoms with E-state index in [9.17, 15) is 10.1 Å². The molecule has 0 spiro atoms. The van der Waals surface area contributed by atoms with Gasteiger partial charge in [-0.15, -0.1) is 22.7 Å². The van der Waals surface area contributed by atoms with Gasteiger partial charge in [0, 0.05) is 20.8 Å². The fourth-order valence-electron chi connectivity index (χ4n) is 2.21. The molecule has 0 bridgehead atoms. The van der Waals surface area contributed by atoms with Crippen LogP contribution >= 0.6 is 22.7 Å². The molecule has 1 atom stereocenters. The van der Waals surface area contributed by atoms with Crippen molar-refractivity contribution >= 4 is 34.5 Å². The van der Waals surface area contributed by atoms with Crippen LogP contribution in [0.2, 0.25) is 0 Å². The Labute approximate surface area is 148 Å². The molecule has 0 N–H and O–H groups in total. The number of carbonyl (C=O) groups excluding carboxylic acids is 1. The standard InChI is InChI=1S/C19H14N2OS2/c1-13-12-23-19(21-13)16(11-20)17(22)9-7-15-8-10-18(24-15)14-5-3-2-4-6-14/h2-10,12,16H,1H3/b9-7+. The van der Waals surface area contributed by atoms with E-state index in [2.05, 4.69) is 17.1 Å². The highest BCUT2D eigenvalue weighted by atomic mass is 32.1. The van der Waals surface area contributed by atoms with E-state index >= 15 is 0 Å². The van der Waals surface area contributed by atoms with Gasteiger partial charge in [-0.25, -0.2) is 4.98 Å². The van der Waals surface area contributed by atoms with Gasteiger partial charge in [0.2, 0.25) is 0 Å². The lowest BCUT2D eigenvalue weighted by Crippen LogP contribution is -2.07. The lowest BCUT2D eigenvalue weighted by atomic mass is 10.1. The molecule has 1 aromatic carbocycles. The summed E-state index contributed by atoms with van der Waals surface area (Å²) in [6.07, 6.45) is 3.25. The minimum Gasteiger partial charge on any atom is -0.293 e. The minimum absolute atomic E-state index is 0.235. The third-order valence-electron chi connectivity index (χ3n) is 3.39. The SMILES string of the molecule is Cc1csc(C(C#N)C(=O)/C=C/c2ccc(-c3ccccc3)s2)n1. The van der Waals surface area contributed by atoms with Crippen LogP contribution in [0.5, 0.6) is 0 Å². The van der Waals surface area contributed by atoms with Crippen molar-refractivity contribution in [2.45, 2.75) is 12.8 Å². The van der Waals surface area contributed by atoms with Crippen molar-refractivity contribution in [3.05, 3.63) is 69.5 Å². The highest BCUT2D eigenvalue weighted by Crippen LogP contribution is 2.29. The van der Waals surface area contributed by atoms with Crippen molar-refractivity contribution in [3.8, 4) is 16.5 Å². The number of aromatic nitrogens is 1. The second kappa shape index (κ2) is 7.35. The Morgan fingerprint density at radius 2 is 2.04 bits per heavy atom. The van der Waals surface area contributed by atoms with Crippen molar-refractivity contribution in [2.24, 2.45) is 0 Å². The number of hydrogen-bond acceptors (Lipinski definition) is 5. The molecule has 24 heavy (non-hydrogen) atoms. The number of rotatable bonds is 5. The Kier molecular flexibility index (Phi) is 4.99. The molecular weight excluding hydrogens is 336 g/mol. The van der Waals surface area contributed by atoms with Crippen LogP contribution in [0.4, 0.5) is 0 Å². The third-order valence-corrected chi connectivity index (χ3v) is 5.52. The average Bonchev–Trinajstić information content (AvgIpc) is 3.24. The van der Waals surface area contributed by atoms with Crippen molar-refractivity contribution in [1.29, 1.82) is 5.26 Å². The van der Waals surface area contributed by atoms with Gasteiger partial charge in [0.25, 0.3) is 0 Å².